The monoisotopic (exact) mass is 480 g/mol. The molecule has 0 aliphatic rings. The number of carbonyl (C=O) groups is 5. The van der Waals surface area contributed by atoms with Crippen LogP contribution >= 0.6 is 0 Å². The molecule has 1 aromatic carbocycles. The molecule has 0 aromatic heterocycles. The molecule has 0 spiro atoms. The molecule has 0 aliphatic heterocycles. The highest BCUT2D eigenvalue weighted by Gasteiger charge is 2.32. The van der Waals surface area contributed by atoms with Crippen LogP contribution in [0.5, 0.6) is 0 Å². The lowest BCUT2D eigenvalue weighted by molar-refractivity contribution is -0.143. The lowest BCUT2D eigenvalue weighted by atomic mass is 9.99. The summed E-state index contributed by atoms with van der Waals surface area (Å²) in [5.41, 5.74) is 6.43. The first-order valence-corrected chi connectivity index (χ1v) is 10.8. The number of rotatable bonds is 14. The summed E-state index contributed by atoms with van der Waals surface area (Å²) in [5, 5.41) is 34.8. The highest BCUT2D eigenvalue weighted by atomic mass is 16.4. The lowest BCUT2D eigenvalue weighted by Crippen LogP contribution is -2.59. The Labute approximate surface area is 196 Å². The predicted octanol–water partition coefficient (Wildman–Crippen LogP) is -1.39. The van der Waals surface area contributed by atoms with E-state index in [0.29, 0.717) is 12.0 Å². The summed E-state index contributed by atoms with van der Waals surface area (Å²) < 4.78 is 0. The van der Waals surface area contributed by atoms with Crippen molar-refractivity contribution in [3.05, 3.63) is 35.9 Å². The molecule has 3 amide bonds. The molecule has 1 aromatic rings. The van der Waals surface area contributed by atoms with Crippen molar-refractivity contribution in [3.8, 4) is 0 Å². The van der Waals surface area contributed by atoms with Gasteiger partial charge in [0.05, 0.1) is 19.1 Å². The fourth-order valence-corrected chi connectivity index (χ4v) is 2.95. The summed E-state index contributed by atoms with van der Waals surface area (Å²) in [6.07, 6.45) is -0.328. The molecule has 0 fully saturated rings. The summed E-state index contributed by atoms with van der Waals surface area (Å²) in [6, 6.07) is 2.98. The average Bonchev–Trinajstić information content (AvgIpc) is 2.80. The molecule has 0 heterocycles. The zero-order valence-electron chi connectivity index (χ0n) is 19.1. The smallest absolute Gasteiger partial charge is 0.326 e. The van der Waals surface area contributed by atoms with Crippen LogP contribution in [0.1, 0.15) is 32.3 Å². The van der Waals surface area contributed by atoms with E-state index in [2.05, 4.69) is 16.0 Å². The molecule has 12 heteroatoms. The standard InChI is InChI=1S/C22H32N4O8/c1-3-12(2)18(23)21(32)26-16(11-27)20(31)24-14(10-17(28)29)19(30)25-15(22(33)34)9-13-7-5-4-6-8-13/h4-8,12,14-16,18,27H,3,9-11,23H2,1-2H3,(H,24,31)(H,25,30)(H,26,32)(H,28,29)(H,33,34). The zero-order chi connectivity index (χ0) is 25.8. The van der Waals surface area contributed by atoms with Gasteiger partial charge in [0.25, 0.3) is 0 Å². The van der Waals surface area contributed by atoms with Crippen LogP contribution in [0, 0.1) is 5.92 Å². The molecule has 0 bridgehead atoms. The zero-order valence-corrected chi connectivity index (χ0v) is 19.1. The van der Waals surface area contributed by atoms with Crippen molar-refractivity contribution in [2.24, 2.45) is 11.7 Å². The van der Waals surface area contributed by atoms with E-state index in [0.717, 1.165) is 0 Å². The Morgan fingerprint density at radius 3 is 1.91 bits per heavy atom. The van der Waals surface area contributed by atoms with E-state index in [-0.39, 0.29) is 12.3 Å². The maximum atomic E-state index is 12.7. The van der Waals surface area contributed by atoms with Gasteiger partial charge in [-0.25, -0.2) is 4.79 Å². The molecule has 0 saturated heterocycles. The minimum absolute atomic E-state index is 0.0710. The Morgan fingerprint density at radius 1 is 0.882 bits per heavy atom. The molecular weight excluding hydrogens is 448 g/mol. The second-order valence-corrected chi connectivity index (χ2v) is 7.90. The van der Waals surface area contributed by atoms with Crippen LogP contribution in [0.2, 0.25) is 0 Å². The van der Waals surface area contributed by atoms with E-state index in [1.807, 2.05) is 6.92 Å². The Kier molecular flexibility index (Phi) is 11.7. The summed E-state index contributed by atoms with van der Waals surface area (Å²) >= 11 is 0. The van der Waals surface area contributed by atoms with Crippen molar-refractivity contribution >= 4 is 29.7 Å². The first kappa shape index (κ1) is 28.5. The van der Waals surface area contributed by atoms with Gasteiger partial charge in [-0.05, 0) is 11.5 Å². The Hall–Kier alpha value is -3.51. The first-order valence-electron chi connectivity index (χ1n) is 10.8. The van der Waals surface area contributed by atoms with E-state index in [1.54, 1.807) is 37.3 Å². The van der Waals surface area contributed by atoms with E-state index < -0.39 is 66.9 Å². The number of carboxylic acids is 2. The van der Waals surface area contributed by atoms with Crippen molar-refractivity contribution in [2.45, 2.75) is 57.3 Å². The number of aliphatic hydroxyl groups is 1. The minimum Gasteiger partial charge on any atom is -0.481 e. The van der Waals surface area contributed by atoms with E-state index >= 15 is 0 Å². The number of carboxylic acid groups (broad SMARTS) is 2. The second kappa shape index (κ2) is 13.9. The predicted molar refractivity (Wildman–Crippen MR) is 120 cm³/mol. The largest absolute Gasteiger partial charge is 0.481 e. The summed E-state index contributed by atoms with van der Waals surface area (Å²) in [6.45, 7) is 2.73. The van der Waals surface area contributed by atoms with Gasteiger partial charge in [0, 0.05) is 6.42 Å². The van der Waals surface area contributed by atoms with Crippen LogP contribution in [0.25, 0.3) is 0 Å². The third kappa shape index (κ3) is 9.16. The lowest BCUT2D eigenvalue weighted by Gasteiger charge is -2.24. The SMILES string of the molecule is CCC(C)C(N)C(=O)NC(CO)C(=O)NC(CC(=O)O)C(=O)NC(Cc1ccccc1)C(=O)O. The Bertz CT molecular complexity index is 864. The molecule has 188 valence electrons. The molecule has 1 rings (SSSR count). The third-order valence-electron chi connectivity index (χ3n) is 5.28. The van der Waals surface area contributed by atoms with Crippen LogP contribution in [0.15, 0.2) is 30.3 Å². The topological polar surface area (TPSA) is 208 Å². The normalized spacial score (nSPS) is 15.2. The molecule has 5 atom stereocenters. The van der Waals surface area contributed by atoms with E-state index in [4.69, 9.17) is 10.8 Å². The number of aliphatic carboxylic acids is 2. The number of aliphatic hydroxyl groups excluding tert-OH is 1. The summed E-state index contributed by atoms with van der Waals surface area (Å²) in [4.78, 5) is 60.3. The molecule has 0 saturated carbocycles. The molecule has 8 N–H and O–H groups in total. The molecular formula is C22H32N4O8. The fraction of sp³-hybridized carbons (Fsp3) is 0.500. The molecule has 5 unspecified atom stereocenters. The van der Waals surface area contributed by atoms with Crippen molar-refractivity contribution in [2.75, 3.05) is 6.61 Å². The number of benzene rings is 1. The molecule has 0 aliphatic carbocycles. The summed E-state index contributed by atoms with van der Waals surface area (Å²) in [7, 11) is 0. The molecule has 34 heavy (non-hydrogen) atoms. The quantitative estimate of drug-likeness (QED) is 0.167. The number of nitrogens with one attached hydrogen (secondary N) is 3. The maximum absolute atomic E-state index is 12.7. The van der Waals surface area contributed by atoms with E-state index in [9.17, 15) is 34.2 Å². The number of amides is 3. The van der Waals surface area contributed by atoms with Gasteiger partial charge in [-0.3, -0.25) is 19.2 Å². The van der Waals surface area contributed by atoms with Crippen molar-refractivity contribution in [1.82, 2.24) is 16.0 Å². The van der Waals surface area contributed by atoms with Crippen LogP contribution < -0.4 is 21.7 Å². The van der Waals surface area contributed by atoms with Crippen LogP contribution in [0.3, 0.4) is 0 Å². The number of hydrogen-bond acceptors (Lipinski definition) is 7. The highest BCUT2D eigenvalue weighted by Crippen LogP contribution is 2.07. The second-order valence-electron chi connectivity index (χ2n) is 7.90. The van der Waals surface area contributed by atoms with Crippen molar-refractivity contribution in [3.63, 3.8) is 0 Å². The number of nitrogens with two attached hydrogens (primary N) is 1. The highest BCUT2D eigenvalue weighted by molar-refractivity contribution is 5.95. The van der Waals surface area contributed by atoms with E-state index in [1.165, 1.54) is 0 Å². The minimum atomic E-state index is -1.66. The number of carbonyl (C=O) groups excluding carboxylic acids is 3. The van der Waals surface area contributed by atoms with Crippen LogP contribution in [-0.2, 0) is 30.4 Å². The van der Waals surface area contributed by atoms with Gasteiger partial charge in [0.2, 0.25) is 17.7 Å². The third-order valence-corrected chi connectivity index (χ3v) is 5.28. The van der Waals surface area contributed by atoms with Gasteiger partial charge >= 0.3 is 11.9 Å². The van der Waals surface area contributed by atoms with Gasteiger partial charge in [-0.2, -0.15) is 0 Å². The van der Waals surface area contributed by atoms with Gasteiger partial charge in [0.1, 0.15) is 18.1 Å². The Morgan fingerprint density at radius 2 is 1.41 bits per heavy atom. The van der Waals surface area contributed by atoms with Crippen molar-refractivity contribution < 1.29 is 39.3 Å². The number of hydrogen-bond donors (Lipinski definition) is 7. The van der Waals surface area contributed by atoms with Crippen LogP contribution in [-0.4, -0.2) is 75.8 Å². The van der Waals surface area contributed by atoms with Gasteiger partial charge in [-0.1, -0.05) is 50.6 Å². The first-order chi connectivity index (χ1) is 16.0. The molecule has 12 nitrogen and oxygen atoms in total. The summed E-state index contributed by atoms with van der Waals surface area (Å²) in [5.74, 6) is -5.75. The van der Waals surface area contributed by atoms with Crippen LogP contribution in [0.4, 0.5) is 0 Å². The van der Waals surface area contributed by atoms with Crippen molar-refractivity contribution in [1.29, 1.82) is 0 Å². The van der Waals surface area contributed by atoms with Gasteiger partial charge in [-0.15, -0.1) is 0 Å². The maximum Gasteiger partial charge on any atom is 0.326 e. The Balaban J connectivity index is 2.92. The van der Waals surface area contributed by atoms with Gasteiger partial charge < -0.3 is 37.0 Å². The fourth-order valence-electron chi connectivity index (χ4n) is 2.95. The molecule has 0 radical (unpaired) electrons. The average molecular weight is 481 g/mol. The van der Waals surface area contributed by atoms with Gasteiger partial charge in [0.15, 0.2) is 0 Å².